The molecular formula is C13H24N2O3. The molecule has 1 heterocycles. The van der Waals surface area contributed by atoms with Crippen LogP contribution in [0.3, 0.4) is 0 Å². The third kappa shape index (κ3) is 2.04. The van der Waals surface area contributed by atoms with Crippen molar-refractivity contribution in [2.75, 3.05) is 19.8 Å². The third-order valence-corrected chi connectivity index (χ3v) is 4.49. The van der Waals surface area contributed by atoms with Crippen LogP contribution in [0, 0.1) is 10.8 Å². The maximum absolute atomic E-state index is 12.1. The van der Waals surface area contributed by atoms with Crippen LogP contribution in [0.5, 0.6) is 0 Å². The van der Waals surface area contributed by atoms with Crippen LogP contribution in [-0.4, -0.2) is 43.9 Å². The fourth-order valence-electron chi connectivity index (χ4n) is 3.43. The van der Waals surface area contributed by atoms with Gasteiger partial charge < -0.3 is 20.5 Å². The first-order chi connectivity index (χ1) is 8.28. The van der Waals surface area contributed by atoms with E-state index in [-0.39, 0.29) is 28.8 Å². The summed E-state index contributed by atoms with van der Waals surface area (Å²) in [4.78, 5) is 12.1. The van der Waals surface area contributed by atoms with Crippen molar-refractivity contribution in [3.8, 4) is 0 Å². The van der Waals surface area contributed by atoms with E-state index in [2.05, 4.69) is 33.0 Å². The number of nitrogens with one attached hydrogen (secondary N) is 1. The number of hydrogen-bond donors (Lipinski definition) is 2. The molecule has 1 amide bonds. The van der Waals surface area contributed by atoms with Gasteiger partial charge in [0.25, 0.3) is 5.91 Å². The number of carbonyl (C=O) groups excluding carboxylic acids is 1. The van der Waals surface area contributed by atoms with E-state index in [0.717, 1.165) is 0 Å². The largest absolute Gasteiger partial charge is 0.376 e. The highest BCUT2D eigenvalue weighted by Crippen LogP contribution is 2.52. The predicted octanol–water partition coefficient (Wildman–Crippen LogP) is 0.280. The standard InChI is InChI=1S/C13H24N2O3/c1-12(2)10(14)13(3,4)11(12)15-9(16)8-7-17-5-6-18-8/h8,10-11H,5-7,14H2,1-4H3,(H,15,16). The minimum Gasteiger partial charge on any atom is -0.376 e. The number of ether oxygens (including phenoxy) is 2. The molecule has 1 unspecified atom stereocenters. The first kappa shape index (κ1) is 13.8. The number of carbonyl (C=O) groups is 1. The lowest BCUT2D eigenvalue weighted by molar-refractivity contribution is -0.156. The second-order valence-electron chi connectivity index (χ2n) is 6.50. The van der Waals surface area contributed by atoms with Crippen LogP contribution in [0.25, 0.3) is 0 Å². The summed E-state index contributed by atoms with van der Waals surface area (Å²) in [6, 6.07) is 0.150. The molecule has 1 atom stereocenters. The maximum Gasteiger partial charge on any atom is 0.251 e. The zero-order valence-electron chi connectivity index (χ0n) is 11.7. The molecule has 1 saturated carbocycles. The molecule has 1 aliphatic carbocycles. The summed E-state index contributed by atoms with van der Waals surface area (Å²) < 4.78 is 10.7. The van der Waals surface area contributed by atoms with Gasteiger partial charge in [-0.1, -0.05) is 27.7 Å². The van der Waals surface area contributed by atoms with Crippen molar-refractivity contribution in [2.45, 2.75) is 45.9 Å². The van der Waals surface area contributed by atoms with Gasteiger partial charge in [0.15, 0.2) is 6.10 Å². The summed E-state index contributed by atoms with van der Waals surface area (Å²) >= 11 is 0. The SMILES string of the molecule is CC1(C)C(N)C(C)(C)C1NC(=O)C1COCCO1. The Kier molecular flexibility index (Phi) is 3.42. The molecule has 3 N–H and O–H groups in total. The molecule has 0 aromatic carbocycles. The van der Waals surface area contributed by atoms with Crippen LogP contribution in [0.1, 0.15) is 27.7 Å². The van der Waals surface area contributed by atoms with E-state index >= 15 is 0 Å². The summed E-state index contributed by atoms with van der Waals surface area (Å²) in [6.07, 6.45) is -0.484. The van der Waals surface area contributed by atoms with Crippen LogP contribution in [-0.2, 0) is 14.3 Å². The van der Waals surface area contributed by atoms with Gasteiger partial charge in [-0.3, -0.25) is 4.79 Å². The quantitative estimate of drug-likeness (QED) is 0.744. The van der Waals surface area contributed by atoms with Crippen LogP contribution in [0.4, 0.5) is 0 Å². The molecule has 18 heavy (non-hydrogen) atoms. The molecule has 1 saturated heterocycles. The first-order valence-electron chi connectivity index (χ1n) is 6.53. The lowest BCUT2D eigenvalue weighted by Gasteiger charge is -2.63. The van der Waals surface area contributed by atoms with Gasteiger partial charge in [-0.25, -0.2) is 0 Å². The Morgan fingerprint density at radius 1 is 1.22 bits per heavy atom. The summed E-state index contributed by atoms with van der Waals surface area (Å²) in [5.41, 5.74) is 5.99. The molecule has 2 aliphatic rings. The molecule has 2 rings (SSSR count). The second-order valence-corrected chi connectivity index (χ2v) is 6.50. The summed E-state index contributed by atoms with van der Waals surface area (Å²) in [6.45, 7) is 9.74. The summed E-state index contributed by atoms with van der Waals surface area (Å²) in [7, 11) is 0. The van der Waals surface area contributed by atoms with Crippen molar-refractivity contribution in [2.24, 2.45) is 16.6 Å². The molecule has 0 spiro atoms. The normalized spacial score (nSPS) is 37.7. The molecule has 0 bridgehead atoms. The van der Waals surface area contributed by atoms with E-state index in [9.17, 15) is 4.79 Å². The highest BCUT2D eigenvalue weighted by Gasteiger charge is 2.60. The van der Waals surface area contributed by atoms with Crippen molar-refractivity contribution in [1.29, 1.82) is 0 Å². The number of rotatable bonds is 2. The summed E-state index contributed by atoms with van der Waals surface area (Å²) in [5, 5.41) is 3.07. The number of hydrogen-bond acceptors (Lipinski definition) is 4. The molecule has 1 aliphatic heterocycles. The van der Waals surface area contributed by atoms with E-state index < -0.39 is 6.10 Å². The van der Waals surface area contributed by atoms with E-state index in [0.29, 0.717) is 19.8 Å². The van der Waals surface area contributed by atoms with E-state index in [1.54, 1.807) is 0 Å². The van der Waals surface area contributed by atoms with Crippen molar-refractivity contribution >= 4 is 5.91 Å². The van der Waals surface area contributed by atoms with Gasteiger partial charge in [-0.05, 0) is 0 Å². The Balaban J connectivity index is 1.98. The van der Waals surface area contributed by atoms with Crippen molar-refractivity contribution < 1.29 is 14.3 Å². The van der Waals surface area contributed by atoms with Gasteiger partial charge in [0, 0.05) is 22.9 Å². The molecule has 0 aromatic rings. The molecule has 2 fully saturated rings. The Bertz CT molecular complexity index is 319. The lowest BCUT2D eigenvalue weighted by Crippen LogP contribution is -2.76. The van der Waals surface area contributed by atoms with Gasteiger partial charge in [0.05, 0.1) is 19.8 Å². The van der Waals surface area contributed by atoms with Crippen molar-refractivity contribution in [3.05, 3.63) is 0 Å². The Morgan fingerprint density at radius 2 is 1.83 bits per heavy atom. The molecule has 5 nitrogen and oxygen atoms in total. The van der Waals surface area contributed by atoms with Crippen LogP contribution >= 0.6 is 0 Å². The van der Waals surface area contributed by atoms with Gasteiger partial charge in [-0.2, -0.15) is 0 Å². The smallest absolute Gasteiger partial charge is 0.251 e. The van der Waals surface area contributed by atoms with Gasteiger partial charge in [0.1, 0.15) is 0 Å². The van der Waals surface area contributed by atoms with E-state index in [1.807, 2.05) is 0 Å². The molecule has 104 valence electrons. The molecular weight excluding hydrogens is 232 g/mol. The van der Waals surface area contributed by atoms with Gasteiger partial charge >= 0.3 is 0 Å². The average Bonchev–Trinajstić information content (AvgIpc) is 2.35. The fourth-order valence-corrected chi connectivity index (χ4v) is 3.43. The highest BCUT2D eigenvalue weighted by molar-refractivity contribution is 5.81. The Labute approximate surface area is 108 Å². The van der Waals surface area contributed by atoms with E-state index in [1.165, 1.54) is 0 Å². The Hall–Kier alpha value is -0.650. The zero-order valence-corrected chi connectivity index (χ0v) is 11.7. The number of amides is 1. The van der Waals surface area contributed by atoms with Gasteiger partial charge in [0.2, 0.25) is 0 Å². The van der Waals surface area contributed by atoms with Crippen molar-refractivity contribution in [1.82, 2.24) is 5.32 Å². The number of nitrogens with two attached hydrogens (primary N) is 1. The van der Waals surface area contributed by atoms with Crippen LogP contribution in [0.2, 0.25) is 0 Å². The zero-order chi connectivity index (χ0) is 13.6. The van der Waals surface area contributed by atoms with E-state index in [4.69, 9.17) is 15.2 Å². The summed E-state index contributed by atoms with van der Waals surface area (Å²) in [5.74, 6) is -0.0900. The lowest BCUT2D eigenvalue weighted by atomic mass is 9.48. The minimum atomic E-state index is -0.484. The molecule has 0 aromatic heterocycles. The maximum atomic E-state index is 12.1. The first-order valence-corrected chi connectivity index (χ1v) is 6.53. The van der Waals surface area contributed by atoms with Gasteiger partial charge in [-0.15, -0.1) is 0 Å². The topological polar surface area (TPSA) is 73.6 Å². The molecule has 0 radical (unpaired) electrons. The Morgan fingerprint density at radius 3 is 2.33 bits per heavy atom. The fraction of sp³-hybridized carbons (Fsp3) is 0.923. The highest BCUT2D eigenvalue weighted by atomic mass is 16.6. The third-order valence-electron chi connectivity index (χ3n) is 4.49. The molecule has 5 heteroatoms. The minimum absolute atomic E-state index is 0.0676. The van der Waals surface area contributed by atoms with Crippen LogP contribution < -0.4 is 11.1 Å². The predicted molar refractivity (Wildman–Crippen MR) is 68.0 cm³/mol. The van der Waals surface area contributed by atoms with Crippen molar-refractivity contribution in [3.63, 3.8) is 0 Å². The monoisotopic (exact) mass is 256 g/mol. The second kappa shape index (κ2) is 4.47. The average molecular weight is 256 g/mol. The van der Waals surface area contributed by atoms with Crippen LogP contribution in [0.15, 0.2) is 0 Å².